The van der Waals surface area contributed by atoms with E-state index in [1.807, 2.05) is 37.3 Å². The molecular formula is C18H15FN4O. The summed E-state index contributed by atoms with van der Waals surface area (Å²) in [6.07, 6.45) is 1.77. The highest BCUT2D eigenvalue weighted by Crippen LogP contribution is 2.35. The van der Waals surface area contributed by atoms with E-state index < -0.39 is 5.85 Å². The average Bonchev–Trinajstić information content (AvgIpc) is 2.87. The Labute approximate surface area is 138 Å². The molecule has 2 aliphatic rings. The van der Waals surface area contributed by atoms with Crippen molar-refractivity contribution >= 4 is 17.1 Å². The van der Waals surface area contributed by atoms with Gasteiger partial charge in [-0.25, -0.2) is 9.40 Å². The molecule has 0 fully saturated rings. The number of benzene rings is 2. The van der Waals surface area contributed by atoms with Gasteiger partial charge in [-0.1, -0.05) is 18.2 Å². The maximum atomic E-state index is 13.1. The maximum Gasteiger partial charge on any atom is 0.281 e. The molecule has 5 nitrogen and oxygen atoms in total. The van der Waals surface area contributed by atoms with Crippen LogP contribution in [0.2, 0.25) is 0 Å². The number of para-hydroxylation sites is 1. The van der Waals surface area contributed by atoms with Crippen molar-refractivity contribution in [1.82, 2.24) is 5.43 Å². The van der Waals surface area contributed by atoms with Gasteiger partial charge >= 0.3 is 0 Å². The fraction of sp³-hybridized carbons (Fsp3) is 0.111. The fourth-order valence-electron chi connectivity index (χ4n) is 2.84. The predicted molar refractivity (Wildman–Crippen MR) is 91.1 cm³/mol. The van der Waals surface area contributed by atoms with Crippen LogP contribution in [-0.2, 0) is 0 Å². The second-order valence-corrected chi connectivity index (χ2v) is 5.68. The molecule has 0 spiro atoms. The number of halogens is 1. The lowest BCUT2D eigenvalue weighted by molar-refractivity contribution is 0.0501. The number of nitrogens with zero attached hydrogens (tertiary/aromatic N) is 3. The SMILES string of the molecule is CC1=NN(c2ccccc2)C2(O)NN=C(c3ccc(F)cc3)C=C12. The third-order valence-corrected chi connectivity index (χ3v) is 4.08. The summed E-state index contributed by atoms with van der Waals surface area (Å²) < 4.78 is 13.1. The molecule has 4 rings (SSSR count). The van der Waals surface area contributed by atoms with Crippen molar-refractivity contribution in [2.75, 3.05) is 5.01 Å². The quantitative estimate of drug-likeness (QED) is 0.893. The number of rotatable bonds is 2. The highest BCUT2D eigenvalue weighted by molar-refractivity contribution is 6.16. The summed E-state index contributed by atoms with van der Waals surface area (Å²) in [6, 6.07) is 15.4. The maximum absolute atomic E-state index is 13.1. The third kappa shape index (κ3) is 2.19. The highest BCUT2D eigenvalue weighted by Gasteiger charge is 2.47. The van der Waals surface area contributed by atoms with E-state index in [0.717, 1.165) is 11.3 Å². The molecule has 1 atom stereocenters. The molecule has 2 aromatic rings. The van der Waals surface area contributed by atoms with Gasteiger partial charge in [-0.15, -0.1) is 0 Å². The van der Waals surface area contributed by atoms with Crippen molar-refractivity contribution in [2.45, 2.75) is 12.8 Å². The van der Waals surface area contributed by atoms with Crippen LogP contribution in [0.1, 0.15) is 12.5 Å². The van der Waals surface area contributed by atoms with Crippen molar-refractivity contribution in [1.29, 1.82) is 0 Å². The second kappa shape index (κ2) is 5.28. The van der Waals surface area contributed by atoms with Crippen LogP contribution in [0.5, 0.6) is 0 Å². The Balaban J connectivity index is 1.73. The number of anilines is 1. The van der Waals surface area contributed by atoms with Crippen molar-refractivity contribution in [3.63, 3.8) is 0 Å². The molecule has 0 saturated carbocycles. The van der Waals surface area contributed by atoms with Crippen molar-refractivity contribution in [2.24, 2.45) is 10.2 Å². The van der Waals surface area contributed by atoms with Gasteiger partial charge in [-0.05, 0) is 49.4 Å². The molecule has 2 N–H and O–H groups in total. The molecule has 0 bridgehead atoms. The number of allylic oxidation sites excluding steroid dienone is 1. The van der Waals surface area contributed by atoms with Gasteiger partial charge in [0, 0.05) is 5.56 Å². The molecular weight excluding hydrogens is 307 g/mol. The van der Waals surface area contributed by atoms with Crippen LogP contribution < -0.4 is 10.4 Å². The van der Waals surface area contributed by atoms with Gasteiger partial charge in [0.2, 0.25) is 0 Å². The highest BCUT2D eigenvalue weighted by atomic mass is 19.1. The van der Waals surface area contributed by atoms with E-state index in [9.17, 15) is 9.50 Å². The number of hydrogen-bond donors (Lipinski definition) is 2. The molecule has 120 valence electrons. The monoisotopic (exact) mass is 322 g/mol. The Morgan fingerprint density at radius 3 is 2.50 bits per heavy atom. The van der Waals surface area contributed by atoms with E-state index >= 15 is 0 Å². The zero-order chi connectivity index (χ0) is 16.7. The van der Waals surface area contributed by atoms with E-state index in [1.165, 1.54) is 17.1 Å². The lowest BCUT2D eigenvalue weighted by atomic mass is 10.00. The lowest BCUT2D eigenvalue weighted by Gasteiger charge is -2.35. The van der Waals surface area contributed by atoms with E-state index in [4.69, 9.17) is 0 Å². The predicted octanol–water partition coefficient (Wildman–Crippen LogP) is 2.60. The summed E-state index contributed by atoms with van der Waals surface area (Å²) in [4.78, 5) is 0. The third-order valence-electron chi connectivity index (χ3n) is 4.08. The molecule has 6 heteroatoms. The van der Waals surface area contributed by atoms with Crippen molar-refractivity contribution in [3.05, 3.63) is 77.6 Å². The zero-order valence-corrected chi connectivity index (χ0v) is 12.9. The normalized spacial score (nSPS) is 22.3. The minimum Gasteiger partial charge on any atom is -0.348 e. The molecule has 0 amide bonds. The number of nitrogens with one attached hydrogen (secondary N) is 1. The molecule has 2 heterocycles. The minimum atomic E-state index is -1.53. The first-order valence-corrected chi connectivity index (χ1v) is 7.54. The molecule has 0 aromatic heterocycles. The van der Waals surface area contributed by atoms with Gasteiger partial charge in [-0.2, -0.15) is 10.2 Å². The first-order valence-electron chi connectivity index (χ1n) is 7.54. The van der Waals surface area contributed by atoms with E-state index in [-0.39, 0.29) is 5.82 Å². The molecule has 0 aliphatic carbocycles. The van der Waals surface area contributed by atoms with Crippen LogP contribution in [0.4, 0.5) is 10.1 Å². The van der Waals surface area contributed by atoms with Gasteiger partial charge in [0.05, 0.1) is 22.7 Å². The number of hydrazone groups is 2. The lowest BCUT2D eigenvalue weighted by Crippen LogP contribution is -2.56. The van der Waals surface area contributed by atoms with Crippen LogP contribution in [0.25, 0.3) is 0 Å². The number of hydrogen-bond acceptors (Lipinski definition) is 5. The molecule has 0 saturated heterocycles. The Morgan fingerprint density at radius 1 is 1.08 bits per heavy atom. The Morgan fingerprint density at radius 2 is 1.79 bits per heavy atom. The standard InChI is InChI=1S/C18H15FN4O/c1-12-16-11-17(13-7-9-14(19)10-8-13)20-22-18(16,24)23(21-12)15-5-3-2-4-6-15/h2-11,22,24H,1H3. The molecule has 24 heavy (non-hydrogen) atoms. The Bertz CT molecular complexity index is 874. The summed E-state index contributed by atoms with van der Waals surface area (Å²) in [5.74, 6) is -1.84. The molecule has 2 aromatic carbocycles. The largest absolute Gasteiger partial charge is 0.348 e. The van der Waals surface area contributed by atoms with Gasteiger partial charge in [0.1, 0.15) is 5.82 Å². The fourth-order valence-corrected chi connectivity index (χ4v) is 2.84. The summed E-state index contributed by atoms with van der Waals surface area (Å²) in [5.41, 5.74) is 6.20. The number of fused-ring (bicyclic) bond motifs is 1. The summed E-state index contributed by atoms with van der Waals surface area (Å²) in [6.45, 7) is 1.83. The summed E-state index contributed by atoms with van der Waals surface area (Å²) in [7, 11) is 0. The molecule has 2 aliphatic heterocycles. The van der Waals surface area contributed by atoms with Crippen LogP contribution >= 0.6 is 0 Å². The second-order valence-electron chi connectivity index (χ2n) is 5.68. The van der Waals surface area contributed by atoms with Gasteiger partial charge in [0.15, 0.2) is 0 Å². The van der Waals surface area contributed by atoms with Crippen molar-refractivity contribution < 1.29 is 9.50 Å². The first kappa shape index (κ1) is 14.6. The number of aliphatic hydroxyl groups is 1. The van der Waals surface area contributed by atoms with E-state index in [1.54, 1.807) is 18.2 Å². The Hall–Kier alpha value is -2.99. The molecule has 1 unspecified atom stereocenters. The van der Waals surface area contributed by atoms with Crippen molar-refractivity contribution in [3.8, 4) is 0 Å². The minimum absolute atomic E-state index is 0.305. The topological polar surface area (TPSA) is 60.2 Å². The van der Waals surface area contributed by atoms with Crippen LogP contribution in [0.15, 0.2) is 76.4 Å². The van der Waals surface area contributed by atoms with Crippen LogP contribution in [-0.4, -0.2) is 22.4 Å². The summed E-state index contributed by atoms with van der Waals surface area (Å²) >= 11 is 0. The first-order chi connectivity index (χ1) is 11.6. The van der Waals surface area contributed by atoms with Gasteiger partial charge in [-0.3, -0.25) is 5.43 Å². The van der Waals surface area contributed by atoms with E-state index in [2.05, 4.69) is 15.6 Å². The zero-order valence-electron chi connectivity index (χ0n) is 12.9. The molecule has 0 radical (unpaired) electrons. The van der Waals surface area contributed by atoms with Crippen LogP contribution in [0.3, 0.4) is 0 Å². The summed E-state index contributed by atoms with van der Waals surface area (Å²) in [5, 5.41) is 21.3. The van der Waals surface area contributed by atoms with Gasteiger partial charge in [0.25, 0.3) is 5.85 Å². The Kier molecular flexibility index (Phi) is 3.21. The average molecular weight is 322 g/mol. The van der Waals surface area contributed by atoms with Crippen LogP contribution in [0, 0.1) is 5.82 Å². The smallest absolute Gasteiger partial charge is 0.281 e. The van der Waals surface area contributed by atoms with E-state index in [0.29, 0.717) is 17.0 Å². The van der Waals surface area contributed by atoms with Gasteiger partial charge < -0.3 is 5.11 Å².